The van der Waals surface area contributed by atoms with Gasteiger partial charge in [0.1, 0.15) is 5.75 Å². The molecule has 2 aromatic heterocycles. The number of anilines is 1. The molecule has 0 saturated heterocycles. The molecular formula is C16H12N4O3S. The summed E-state index contributed by atoms with van der Waals surface area (Å²) in [6, 6.07) is 11.9. The Balaban J connectivity index is 1.68. The first-order valence-corrected chi connectivity index (χ1v) is 8.60. The summed E-state index contributed by atoms with van der Waals surface area (Å²) in [6.07, 6.45) is 4.64. The summed E-state index contributed by atoms with van der Waals surface area (Å²) in [5.74, 6) is 0.835. The number of sulfonamides is 1. The van der Waals surface area contributed by atoms with Crippen LogP contribution in [0.25, 0.3) is 0 Å². The zero-order valence-electron chi connectivity index (χ0n) is 12.4. The van der Waals surface area contributed by atoms with Gasteiger partial charge in [-0.05, 0) is 23.8 Å². The molecule has 1 aliphatic heterocycles. The molecule has 3 aromatic rings. The summed E-state index contributed by atoms with van der Waals surface area (Å²) < 4.78 is 32.1. The maximum Gasteiger partial charge on any atom is 0.267 e. The van der Waals surface area contributed by atoms with Crippen molar-refractivity contribution in [2.45, 2.75) is 11.4 Å². The zero-order valence-corrected chi connectivity index (χ0v) is 13.2. The molecule has 24 heavy (non-hydrogen) atoms. The Morgan fingerprint density at radius 1 is 1.04 bits per heavy atom. The van der Waals surface area contributed by atoms with E-state index in [4.69, 9.17) is 4.74 Å². The van der Waals surface area contributed by atoms with Gasteiger partial charge < -0.3 is 4.74 Å². The topological polar surface area (TPSA) is 85.3 Å². The van der Waals surface area contributed by atoms with Gasteiger partial charge in [0.15, 0.2) is 0 Å². The van der Waals surface area contributed by atoms with E-state index < -0.39 is 10.0 Å². The number of ether oxygens (including phenoxy) is 1. The second kappa shape index (κ2) is 5.57. The second-order valence-corrected chi connectivity index (χ2v) is 6.94. The predicted molar refractivity (Wildman–Crippen MR) is 86.2 cm³/mol. The highest BCUT2D eigenvalue weighted by Crippen LogP contribution is 2.33. The van der Waals surface area contributed by atoms with Gasteiger partial charge in [0.05, 0.1) is 17.6 Å². The molecular weight excluding hydrogens is 328 g/mol. The van der Waals surface area contributed by atoms with Crippen LogP contribution in [0.1, 0.15) is 5.56 Å². The smallest absolute Gasteiger partial charge is 0.267 e. The van der Waals surface area contributed by atoms with Gasteiger partial charge in [-0.2, -0.15) is 4.98 Å². The third-order valence-electron chi connectivity index (χ3n) is 3.55. The Bertz CT molecular complexity index is 993. The summed E-state index contributed by atoms with van der Waals surface area (Å²) in [4.78, 5) is 12.5. The van der Waals surface area contributed by atoms with Gasteiger partial charge in [-0.25, -0.2) is 17.7 Å². The number of pyridine rings is 1. The largest absolute Gasteiger partial charge is 0.437 e. The number of hydrogen-bond donors (Lipinski definition) is 0. The molecule has 0 bridgehead atoms. The first kappa shape index (κ1) is 14.6. The van der Waals surface area contributed by atoms with Crippen LogP contribution in [0, 0.1) is 0 Å². The predicted octanol–water partition coefficient (Wildman–Crippen LogP) is 2.37. The van der Waals surface area contributed by atoms with Crippen molar-refractivity contribution >= 4 is 16.0 Å². The van der Waals surface area contributed by atoms with Gasteiger partial charge in [-0.3, -0.25) is 4.98 Å². The number of aromatic nitrogens is 3. The average Bonchev–Trinajstić information content (AvgIpc) is 2.88. The first-order chi connectivity index (χ1) is 11.6. The maximum atomic E-state index is 12.6. The molecule has 0 atom stereocenters. The first-order valence-electron chi connectivity index (χ1n) is 7.16. The lowest BCUT2D eigenvalue weighted by molar-refractivity contribution is 0.459. The Labute approximate surface area is 138 Å². The van der Waals surface area contributed by atoms with Gasteiger partial charge in [0.2, 0.25) is 11.8 Å². The van der Waals surface area contributed by atoms with Crippen LogP contribution in [-0.2, 0) is 16.6 Å². The molecule has 7 nitrogen and oxygen atoms in total. The van der Waals surface area contributed by atoms with Gasteiger partial charge in [-0.1, -0.05) is 18.2 Å². The summed E-state index contributed by atoms with van der Waals surface area (Å²) in [5.41, 5.74) is 0.722. The Kier molecular flexibility index (Phi) is 3.39. The number of hydrogen-bond acceptors (Lipinski definition) is 6. The molecule has 120 valence electrons. The van der Waals surface area contributed by atoms with E-state index in [9.17, 15) is 8.42 Å². The van der Waals surface area contributed by atoms with Crippen molar-refractivity contribution in [3.63, 3.8) is 0 Å². The Morgan fingerprint density at radius 2 is 1.92 bits per heavy atom. The highest BCUT2D eigenvalue weighted by Gasteiger charge is 2.36. The Hall–Kier alpha value is -3.00. The minimum atomic E-state index is -3.65. The minimum absolute atomic E-state index is 0.0765. The van der Waals surface area contributed by atoms with E-state index in [1.165, 1.54) is 10.5 Å². The molecule has 0 N–H and O–H groups in total. The molecule has 4 rings (SSSR count). The van der Waals surface area contributed by atoms with Gasteiger partial charge in [-0.15, -0.1) is 0 Å². The molecule has 0 unspecified atom stereocenters. The quantitative estimate of drug-likeness (QED) is 0.728. The fourth-order valence-corrected chi connectivity index (χ4v) is 4.02. The monoisotopic (exact) mass is 340 g/mol. The van der Waals surface area contributed by atoms with Crippen molar-refractivity contribution in [2.75, 3.05) is 4.31 Å². The maximum absolute atomic E-state index is 12.6. The van der Waals surface area contributed by atoms with Crippen LogP contribution >= 0.6 is 0 Å². The van der Waals surface area contributed by atoms with Crippen molar-refractivity contribution in [3.8, 4) is 11.6 Å². The van der Waals surface area contributed by atoms with E-state index in [0.29, 0.717) is 5.75 Å². The lowest BCUT2D eigenvalue weighted by atomic mass is 10.2. The van der Waals surface area contributed by atoms with Crippen LogP contribution < -0.4 is 9.04 Å². The second-order valence-electron chi connectivity index (χ2n) is 5.11. The summed E-state index contributed by atoms with van der Waals surface area (Å²) in [6.45, 7) is 0.203. The molecule has 1 aliphatic rings. The van der Waals surface area contributed by atoms with Crippen LogP contribution in [-0.4, -0.2) is 23.4 Å². The third-order valence-corrected chi connectivity index (χ3v) is 5.38. The van der Waals surface area contributed by atoms with E-state index in [1.54, 1.807) is 54.9 Å². The molecule has 8 heteroatoms. The van der Waals surface area contributed by atoms with Crippen LogP contribution in [0.4, 0.5) is 5.95 Å². The fraction of sp³-hybridized carbons (Fsp3) is 0.0625. The lowest BCUT2D eigenvalue weighted by Gasteiger charge is -2.15. The van der Waals surface area contributed by atoms with Crippen molar-refractivity contribution in [1.82, 2.24) is 15.0 Å². The van der Waals surface area contributed by atoms with E-state index in [1.807, 2.05) is 0 Å². The van der Waals surface area contributed by atoms with Gasteiger partial charge in [0, 0.05) is 18.5 Å². The van der Waals surface area contributed by atoms with Crippen LogP contribution in [0.5, 0.6) is 11.6 Å². The molecule has 3 heterocycles. The molecule has 0 spiro atoms. The van der Waals surface area contributed by atoms with E-state index in [0.717, 1.165) is 5.56 Å². The van der Waals surface area contributed by atoms with Crippen molar-refractivity contribution < 1.29 is 13.2 Å². The van der Waals surface area contributed by atoms with E-state index in [2.05, 4.69) is 15.0 Å². The molecule has 0 fully saturated rings. The molecule has 0 aliphatic carbocycles. The lowest BCUT2D eigenvalue weighted by Crippen LogP contribution is -2.25. The SMILES string of the molecule is O=S1(=O)c2ccccc2CN1c1nccc(Oc2cccnc2)n1. The summed E-state index contributed by atoms with van der Waals surface area (Å²) in [5, 5.41) is 0. The van der Waals surface area contributed by atoms with Gasteiger partial charge in [0.25, 0.3) is 10.0 Å². The number of fused-ring (bicyclic) bond motifs is 1. The molecule has 0 saturated carbocycles. The number of nitrogens with zero attached hydrogens (tertiary/aromatic N) is 4. The summed E-state index contributed by atoms with van der Waals surface area (Å²) >= 11 is 0. The molecule has 0 radical (unpaired) electrons. The van der Waals surface area contributed by atoms with Crippen LogP contribution in [0.15, 0.2) is 66.0 Å². The minimum Gasteiger partial charge on any atom is -0.437 e. The highest BCUT2D eigenvalue weighted by molar-refractivity contribution is 7.93. The number of benzene rings is 1. The van der Waals surface area contributed by atoms with E-state index >= 15 is 0 Å². The van der Waals surface area contributed by atoms with Crippen molar-refractivity contribution in [3.05, 3.63) is 66.6 Å². The normalized spacial score (nSPS) is 15.1. The molecule has 1 aromatic carbocycles. The average molecular weight is 340 g/mol. The highest BCUT2D eigenvalue weighted by atomic mass is 32.2. The van der Waals surface area contributed by atoms with Crippen molar-refractivity contribution in [2.24, 2.45) is 0 Å². The van der Waals surface area contributed by atoms with Crippen LogP contribution in [0.3, 0.4) is 0 Å². The van der Waals surface area contributed by atoms with Crippen molar-refractivity contribution in [1.29, 1.82) is 0 Å². The standard InChI is InChI=1S/C16H12N4O3S/c21-24(22)14-6-2-1-4-12(14)11-20(24)16-18-9-7-15(19-16)23-13-5-3-8-17-10-13/h1-10H,11H2. The molecule has 0 amide bonds. The van der Waals surface area contributed by atoms with Gasteiger partial charge >= 0.3 is 0 Å². The van der Waals surface area contributed by atoms with Crippen LogP contribution in [0.2, 0.25) is 0 Å². The third kappa shape index (κ3) is 2.46. The number of rotatable bonds is 3. The fourth-order valence-electron chi connectivity index (χ4n) is 2.46. The summed E-state index contributed by atoms with van der Waals surface area (Å²) in [7, 11) is -3.65. The van der Waals surface area contributed by atoms with E-state index in [-0.39, 0.29) is 23.3 Å². The zero-order chi connectivity index (χ0) is 16.6. The Morgan fingerprint density at radius 3 is 2.71 bits per heavy atom.